The molecular weight excluding hydrogens is 361 g/mol. The van der Waals surface area contributed by atoms with Gasteiger partial charge in [0, 0.05) is 23.8 Å². The van der Waals surface area contributed by atoms with Gasteiger partial charge in [0.1, 0.15) is 11.4 Å². The summed E-state index contributed by atoms with van der Waals surface area (Å²) in [7, 11) is 3.12. The van der Waals surface area contributed by atoms with Gasteiger partial charge in [-0.2, -0.15) is 4.39 Å². The quantitative estimate of drug-likeness (QED) is 0.472. The first kappa shape index (κ1) is 17.7. The molecule has 0 atom stereocenters. The summed E-state index contributed by atoms with van der Waals surface area (Å²) in [6.07, 6.45) is 3.24. The van der Waals surface area contributed by atoms with E-state index in [4.69, 9.17) is 14.2 Å². The molecule has 0 saturated carbocycles. The first-order valence-electron chi connectivity index (χ1n) is 8.46. The van der Waals surface area contributed by atoms with E-state index in [1.54, 1.807) is 63.0 Å². The summed E-state index contributed by atoms with van der Waals surface area (Å²) in [5, 5.41) is 0.719. The van der Waals surface area contributed by atoms with E-state index in [2.05, 4.69) is 15.0 Å². The summed E-state index contributed by atoms with van der Waals surface area (Å²) in [6, 6.07) is 13.4. The maximum absolute atomic E-state index is 13.8. The molecule has 6 nitrogen and oxygen atoms in total. The third-order valence-corrected chi connectivity index (χ3v) is 4.16. The van der Waals surface area contributed by atoms with Crippen LogP contribution in [0.2, 0.25) is 0 Å². The average molecular weight is 377 g/mol. The molecule has 0 unspecified atom stereocenters. The number of nitrogens with zero attached hydrogens (tertiary/aromatic N) is 3. The fraction of sp³-hybridized carbons (Fsp3) is 0.0952. The van der Waals surface area contributed by atoms with Gasteiger partial charge in [0.05, 0.1) is 25.4 Å². The van der Waals surface area contributed by atoms with Gasteiger partial charge >= 0.3 is 0 Å². The van der Waals surface area contributed by atoms with Gasteiger partial charge in [0.15, 0.2) is 17.2 Å². The van der Waals surface area contributed by atoms with Crippen LogP contribution in [-0.2, 0) is 0 Å². The average Bonchev–Trinajstić information content (AvgIpc) is 2.74. The lowest BCUT2D eigenvalue weighted by atomic mass is 10.1. The molecule has 4 rings (SSSR count). The van der Waals surface area contributed by atoms with Gasteiger partial charge in [-0.1, -0.05) is 6.07 Å². The van der Waals surface area contributed by atoms with Gasteiger partial charge in [-0.15, -0.1) is 0 Å². The molecule has 0 spiro atoms. The van der Waals surface area contributed by atoms with Crippen LogP contribution in [-0.4, -0.2) is 29.2 Å². The first-order valence-corrected chi connectivity index (χ1v) is 8.46. The Labute approximate surface area is 160 Å². The van der Waals surface area contributed by atoms with Crippen molar-refractivity contribution < 1.29 is 18.6 Å². The van der Waals surface area contributed by atoms with E-state index in [0.717, 1.165) is 5.39 Å². The van der Waals surface area contributed by atoms with Crippen LogP contribution in [0.1, 0.15) is 0 Å². The number of methoxy groups -OCH3 is 2. The lowest BCUT2D eigenvalue weighted by molar-refractivity contribution is 0.355. The number of hydrogen-bond acceptors (Lipinski definition) is 6. The summed E-state index contributed by atoms with van der Waals surface area (Å²) >= 11 is 0. The van der Waals surface area contributed by atoms with E-state index in [1.807, 2.05) is 0 Å². The molecule has 4 aromatic rings. The van der Waals surface area contributed by atoms with Crippen LogP contribution >= 0.6 is 0 Å². The Morgan fingerprint density at radius 3 is 2.36 bits per heavy atom. The van der Waals surface area contributed by atoms with Gasteiger partial charge in [0.2, 0.25) is 5.95 Å². The largest absolute Gasteiger partial charge is 0.493 e. The Balaban J connectivity index is 1.83. The van der Waals surface area contributed by atoms with Crippen LogP contribution < -0.4 is 14.2 Å². The highest BCUT2D eigenvalue weighted by molar-refractivity contribution is 5.88. The second-order valence-electron chi connectivity index (χ2n) is 5.83. The predicted molar refractivity (Wildman–Crippen MR) is 102 cm³/mol. The van der Waals surface area contributed by atoms with Gasteiger partial charge < -0.3 is 14.2 Å². The van der Waals surface area contributed by atoms with Crippen LogP contribution in [0, 0.1) is 5.95 Å². The Morgan fingerprint density at radius 1 is 0.786 bits per heavy atom. The molecule has 0 aliphatic rings. The molecule has 3 aromatic heterocycles. The van der Waals surface area contributed by atoms with E-state index in [0.29, 0.717) is 39.9 Å². The number of aromatic nitrogens is 3. The number of hydrogen-bond donors (Lipinski definition) is 0. The number of rotatable bonds is 5. The third-order valence-electron chi connectivity index (χ3n) is 4.16. The van der Waals surface area contributed by atoms with E-state index >= 15 is 0 Å². The number of fused-ring (bicyclic) bond motifs is 1. The van der Waals surface area contributed by atoms with Gasteiger partial charge in [-0.25, -0.2) is 4.98 Å². The molecule has 1 aromatic carbocycles. The zero-order valence-corrected chi connectivity index (χ0v) is 15.2. The highest BCUT2D eigenvalue weighted by Crippen LogP contribution is 2.38. The summed E-state index contributed by atoms with van der Waals surface area (Å²) in [5.41, 5.74) is 1.49. The zero-order chi connectivity index (χ0) is 19.5. The zero-order valence-electron chi connectivity index (χ0n) is 15.2. The second kappa shape index (κ2) is 7.48. The van der Waals surface area contributed by atoms with Crippen molar-refractivity contribution in [1.29, 1.82) is 0 Å². The van der Waals surface area contributed by atoms with Crippen LogP contribution in [0.3, 0.4) is 0 Å². The monoisotopic (exact) mass is 377 g/mol. The van der Waals surface area contributed by atoms with Crippen molar-refractivity contribution in [2.75, 3.05) is 14.2 Å². The smallest absolute Gasteiger partial charge is 0.213 e. The highest BCUT2D eigenvalue weighted by Gasteiger charge is 2.15. The molecular formula is C21H16FN3O3. The second-order valence-corrected chi connectivity index (χ2v) is 5.83. The highest BCUT2D eigenvalue weighted by atomic mass is 19.1. The van der Waals surface area contributed by atoms with Crippen LogP contribution in [0.25, 0.3) is 22.3 Å². The van der Waals surface area contributed by atoms with Crippen molar-refractivity contribution in [2.45, 2.75) is 0 Å². The molecule has 0 aliphatic carbocycles. The summed E-state index contributed by atoms with van der Waals surface area (Å²) in [5.74, 6) is 1.41. The molecule has 3 heterocycles. The topological polar surface area (TPSA) is 66.4 Å². The van der Waals surface area contributed by atoms with E-state index < -0.39 is 5.95 Å². The van der Waals surface area contributed by atoms with E-state index in [1.165, 1.54) is 12.1 Å². The minimum absolute atomic E-state index is 0.311. The lowest BCUT2D eigenvalue weighted by Crippen LogP contribution is -1.97. The van der Waals surface area contributed by atoms with E-state index in [9.17, 15) is 4.39 Å². The molecule has 0 amide bonds. The number of halogens is 1. The molecule has 0 fully saturated rings. The number of ether oxygens (including phenoxy) is 3. The number of benzene rings is 1. The standard InChI is InChI=1S/C21H16FN3O3/c1-26-18-11-13-15(12-19(18)27-2)24-10-8-16(13)28-17-6-7-20(22)25-21(17)14-5-3-4-9-23-14/h3-12H,1-2H3. The SMILES string of the molecule is COc1cc2nccc(Oc3ccc(F)nc3-c3ccccn3)c2cc1OC. The molecule has 7 heteroatoms. The summed E-state index contributed by atoms with van der Waals surface area (Å²) in [6.45, 7) is 0. The van der Waals surface area contributed by atoms with Gasteiger partial charge in [0.25, 0.3) is 0 Å². The third kappa shape index (κ3) is 3.29. The van der Waals surface area contributed by atoms with Crippen molar-refractivity contribution in [3.8, 4) is 34.4 Å². The molecule has 0 radical (unpaired) electrons. The van der Waals surface area contributed by atoms with Crippen molar-refractivity contribution in [3.63, 3.8) is 0 Å². The Bertz CT molecular complexity index is 1140. The first-order chi connectivity index (χ1) is 13.7. The van der Waals surface area contributed by atoms with Gasteiger partial charge in [-0.3, -0.25) is 9.97 Å². The van der Waals surface area contributed by atoms with Crippen LogP contribution in [0.15, 0.2) is 60.9 Å². The van der Waals surface area contributed by atoms with Crippen molar-refractivity contribution in [2.24, 2.45) is 0 Å². The fourth-order valence-electron chi connectivity index (χ4n) is 2.85. The number of pyridine rings is 3. The molecule has 0 N–H and O–H groups in total. The Morgan fingerprint density at radius 2 is 1.61 bits per heavy atom. The maximum atomic E-state index is 13.8. The predicted octanol–water partition coefficient (Wildman–Crippen LogP) is 4.64. The fourth-order valence-corrected chi connectivity index (χ4v) is 2.85. The molecule has 0 aliphatic heterocycles. The van der Waals surface area contributed by atoms with Crippen molar-refractivity contribution in [1.82, 2.24) is 15.0 Å². The van der Waals surface area contributed by atoms with Gasteiger partial charge in [-0.05, 0) is 36.4 Å². The normalized spacial score (nSPS) is 10.7. The lowest BCUT2D eigenvalue weighted by Gasteiger charge is -2.14. The molecule has 28 heavy (non-hydrogen) atoms. The van der Waals surface area contributed by atoms with Crippen molar-refractivity contribution in [3.05, 3.63) is 66.9 Å². The molecule has 0 saturated heterocycles. The van der Waals surface area contributed by atoms with Crippen LogP contribution in [0.5, 0.6) is 23.0 Å². The molecule has 0 bridgehead atoms. The van der Waals surface area contributed by atoms with Crippen molar-refractivity contribution >= 4 is 10.9 Å². The summed E-state index contributed by atoms with van der Waals surface area (Å²) < 4.78 is 30.6. The Kier molecular flexibility index (Phi) is 4.72. The minimum Gasteiger partial charge on any atom is -0.493 e. The minimum atomic E-state index is -0.612. The van der Waals surface area contributed by atoms with E-state index in [-0.39, 0.29) is 0 Å². The van der Waals surface area contributed by atoms with Crippen LogP contribution in [0.4, 0.5) is 4.39 Å². The maximum Gasteiger partial charge on any atom is 0.213 e. The molecule has 140 valence electrons. The summed E-state index contributed by atoms with van der Waals surface area (Å²) in [4.78, 5) is 12.6. The Hall–Kier alpha value is -3.74.